The average Bonchev–Trinajstić information content (AvgIpc) is 2.23. The van der Waals surface area contributed by atoms with Gasteiger partial charge >= 0.3 is 5.97 Å². The minimum absolute atomic E-state index is 0.0984. The van der Waals surface area contributed by atoms with Crippen LogP contribution in [0.5, 0.6) is 0 Å². The van der Waals surface area contributed by atoms with Crippen molar-refractivity contribution in [3.8, 4) is 0 Å². The molecule has 0 amide bonds. The van der Waals surface area contributed by atoms with E-state index in [9.17, 15) is 4.79 Å². The van der Waals surface area contributed by atoms with Gasteiger partial charge in [-0.25, -0.2) is 0 Å². The number of aliphatic carboxylic acids is 1. The zero-order valence-corrected chi connectivity index (χ0v) is 10.1. The number of carboxylic acid groups (broad SMARTS) is 1. The van der Waals surface area contributed by atoms with Crippen molar-refractivity contribution < 1.29 is 9.90 Å². The maximum Gasteiger partial charge on any atom is 0.306 e. The Bertz CT molecular complexity index is 248. The molecule has 0 spiro atoms. The number of hydrogen-bond donors (Lipinski definition) is 2. The first-order chi connectivity index (χ1) is 7.66. The first-order valence-electron chi connectivity index (χ1n) is 6.63. The zero-order valence-electron chi connectivity index (χ0n) is 10.1. The molecule has 3 heteroatoms. The highest BCUT2D eigenvalue weighted by molar-refractivity contribution is 5.70. The summed E-state index contributed by atoms with van der Waals surface area (Å²) in [6.07, 6.45) is 6.80. The van der Waals surface area contributed by atoms with Crippen LogP contribution in [0.25, 0.3) is 0 Å². The second-order valence-corrected chi connectivity index (χ2v) is 5.67. The summed E-state index contributed by atoms with van der Waals surface area (Å²) < 4.78 is 0. The predicted molar refractivity (Wildman–Crippen MR) is 63.3 cm³/mol. The van der Waals surface area contributed by atoms with Gasteiger partial charge in [0.2, 0.25) is 0 Å². The van der Waals surface area contributed by atoms with E-state index in [0.29, 0.717) is 12.0 Å². The van der Waals surface area contributed by atoms with Crippen LogP contribution in [-0.2, 0) is 4.79 Å². The summed E-state index contributed by atoms with van der Waals surface area (Å²) in [5.41, 5.74) is 0. The van der Waals surface area contributed by atoms with E-state index < -0.39 is 5.97 Å². The van der Waals surface area contributed by atoms with Gasteiger partial charge in [-0.05, 0) is 44.1 Å². The highest BCUT2D eigenvalue weighted by Gasteiger charge is 2.32. The molecule has 2 saturated carbocycles. The summed E-state index contributed by atoms with van der Waals surface area (Å²) in [5.74, 6) is 0.536. The number of hydrogen-bond acceptors (Lipinski definition) is 2. The second kappa shape index (κ2) is 5.17. The highest BCUT2D eigenvalue weighted by atomic mass is 16.4. The molecule has 0 radical (unpaired) electrons. The van der Waals surface area contributed by atoms with Gasteiger partial charge in [0, 0.05) is 6.04 Å². The maximum atomic E-state index is 11.1. The molecule has 2 fully saturated rings. The Morgan fingerprint density at radius 1 is 1.31 bits per heavy atom. The van der Waals surface area contributed by atoms with Crippen LogP contribution in [0.15, 0.2) is 0 Å². The fraction of sp³-hybridized carbons (Fsp3) is 0.923. The molecule has 2 rings (SSSR count). The van der Waals surface area contributed by atoms with Gasteiger partial charge in [-0.15, -0.1) is 0 Å². The molecular weight excluding hydrogens is 202 g/mol. The van der Waals surface area contributed by atoms with Gasteiger partial charge in [-0.3, -0.25) is 4.79 Å². The van der Waals surface area contributed by atoms with E-state index in [1.54, 1.807) is 0 Å². The number of rotatable bonds is 4. The molecule has 0 aromatic carbocycles. The fourth-order valence-corrected chi connectivity index (χ4v) is 3.16. The minimum atomic E-state index is -0.589. The van der Waals surface area contributed by atoms with E-state index >= 15 is 0 Å². The van der Waals surface area contributed by atoms with Crippen molar-refractivity contribution in [3.63, 3.8) is 0 Å². The van der Waals surface area contributed by atoms with Gasteiger partial charge in [-0.2, -0.15) is 0 Å². The smallest absolute Gasteiger partial charge is 0.306 e. The van der Waals surface area contributed by atoms with Crippen molar-refractivity contribution in [1.82, 2.24) is 5.32 Å². The van der Waals surface area contributed by atoms with Gasteiger partial charge in [0.1, 0.15) is 0 Å². The lowest BCUT2D eigenvalue weighted by Gasteiger charge is -2.36. The molecule has 0 heterocycles. The molecule has 92 valence electrons. The van der Waals surface area contributed by atoms with E-state index in [1.165, 1.54) is 19.3 Å². The largest absolute Gasteiger partial charge is 0.481 e. The first kappa shape index (κ1) is 11.9. The van der Waals surface area contributed by atoms with Crippen LogP contribution in [0.4, 0.5) is 0 Å². The van der Waals surface area contributed by atoms with Gasteiger partial charge in [0.05, 0.1) is 5.92 Å². The zero-order chi connectivity index (χ0) is 11.5. The Morgan fingerprint density at radius 3 is 2.62 bits per heavy atom. The summed E-state index contributed by atoms with van der Waals surface area (Å²) in [6.45, 7) is 3.19. The molecule has 16 heavy (non-hydrogen) atoms. The summed E-state index contributed by atoms with van der Waals surface area (Å²) in [6, 6.07) is 0.659. The second-order valence-electron chi connectivity index (χ2n) is 5.67. The van der Waals surface area contributed by atoms with E-state index in [-0.39, 0.29) is 5.92 Å². The summed E-state index contributed by atoms with van der Waals surface area (Å²) in [5, 5.41) is 12.7. The molecule has 2 aliphatic carbocycles. The third-order valence-electron chi connectivity index (χ3n) is 4.27. The Morgan fingerprint density at radius 2 is 2.00 bits per heavy atom. The average molecular weight is 225 g/mol. The molecule has 2 aliphatic rings. The molecular formula is C13H23NO2. The van der Waals surface area contributed by atoms with Gasteiger partial charge in [-0.1, -0.05) is 19.8 Å². The molecule has 0 aromatic rings. The lowest BCUT2D eigenvalue weighted by atomic mass is 9.77. The van der Waals surface area contributed by atoms with E-state index in [4.69, 9.17) is 5.11 Å². The van der Waals surface area contributed by atoms with Gasteiger partial charge < -0.3 is 10.4 Å². The van der Waals surface area contributed by atoms with Crippen molar-refractivity contribution in [2.75, 3.05) is 6.54 Å². The van der Waals surface area contributed by atoms with Crippen molar-refractivity contribution >= 4 is 5.97 Å². The standard InChI is InChI=1S/C13H23NO2/c1-9-6-11(7-9)14-8-10-4-2-3-5-12(10)13(15)16/h9-12,14H,2-8H2,1H3,(H,15,16). The molecule has 0 aromatic heterocycles. The Kier molecular flexibility index (Phi) is 3.85. The van der Waals surface area contributed by atoms with Crippen molar-refractivity contribution in [1.29, 1.82) is 0 Å². The quantitative estimate of drug-likeness (QED) is 0.771. The fourth-order valence-electron chi connectivity index (χ4n) is 3.16. The van der Waals surface area contributed by atoms with Gasteiger partial charge in [0.15, 0.2) is 0 Å². The highest BCUT2D eigenvalue weighted by Crippen LogP contribution is 2.31. The third kappa shape index (κ3) is 2.76. The first-order valence-corrected chi connectivity index (χ1v) is 6.63. The number of carbonyl (C=O) groups is 1. The molecule has 2 unspecified atom stereocenters. The van der Waals surface area contributed by atoms with Crippen LogP contribution in [-0.4, -0.2) is 23.7 Å². The molecule has 0 aliphatic heterocycles. The number of nitrogens with one attached hydrogen (secondary N) is 1. The topological polar surface area (TPSA) is 49.3 Å². The Balaban J connectivity index is 1.75. The van der Waals surface area contributed by atoms with Gasteiger partial charge in [0.25, 0.3) is 0 Å². The SMILES string of the molecule is CC1CC(NCC2CCCCC2C(=O)O)C1. The summed E-state index contributed by atoms with van der Waals surface area (Å²) >= 11 is 0. The van der Waals surface area contributed by atoms with Crippen LogP contribution in [0.2, 0.25) is 0 Å². The van der Waals surface area contributed by atoms with Crippen LogP contribution >= 0.6 is 0 Å². The third-order valence-corrected chi connectivity index (χ3v) is 4.27. The number of carboxylic acids is 1. The molecule has 3 nitrogen and oxygen atoms in total. The van der Waals surface area contributed by atoms with E-state index in [1.807, 2.05) is 0 Å². The van der Waals surface area contributed by atoms with Crippen LogP contribution in [0.3, 0.4) is 0 Å². The Labute approximate surface area is 97.6 Å². The summed E-state index contributed by atoms with van der Waals surface area (Å²) in [4.78, 5) is 11.1. The van der Waals surface area contributed by atoms with Crippen LogP contribution in [0.1, 0.15) is 45.4 Å². The monoisotopic (exact) mass is 225 g/mol. The van der Waals surface area contributed by atoms with Crippen molar-refractivity contribution in [2.24, 2.45) is 17.8 Å². The Hall–Kier alpha value is -0.570. The van der Waals surface area contributed by atoms with Crippen molar-refractivity contribution in [3.05, 3.63) is 0 Å². The normalized spacial score (nSPS) is 39.1. The van der Waals surface area contributed by atoms with E-state index in [0.717, 1.165) is 31.7 Å². The molecule has 0 saturated heterocycles. The molecule has 2 N–H and O–H groups in total. The molecule has 0 bridgehead atoms. The van der Waals surface area contributed by atoms with E-state index in [2.05, 4.69) is 12.2 Å². The lowest BCUT2D eigenvalue weighted by molar-refractivity contribution is -0.144. The maximum absolute atomic E-state index is 11.1. The lowest BCUT2D eigenvalue weighted by Crippen LogP contribution is -2.44. The minimum Gasteiger partial charge on any atom is -0.481 e. The van der Waals surface area contributed by atoms with Crippen molar-refractivity contribution in [2.45, 2.75) is 51.5 Å². The van der Waals surface area contributed by atoms with Crippen LogP contribution < -0.4 is 5.32 Å². The molecule has 2 atom stereocenters. The predicted octanol–water partition coefficient (Wildman–Crippen LogP) is 2.27. The van der Waals surface area contributed by atoms with Crippen LogP contribution in [0, 0.1) is 17.8 Å². The summed E-state index contributed by atoms with van der Waals surface area (Å²) in [7, 11) is 0.